The maximum Gasteiger partial charge on any atom is 0.226 e. The molecule has 2 rings (SSSR count). The van der Waals surface area contributed by atoms with E-state index in [4.69, 9.17) is 0 Å². The fourth-order valence-electron chi connectivity index (χ4n) is 2.67. The number of hydrogen-bond donors (Lipinski definition) is 1. The Morgan fingerprint density at radius 1 is 1.25 bits per heavy atom. The zero-order valence-electron chi connectivity index (χ0n) is 12.7. The Kier molecular flexibility index (Phi) is 5.60. The molecule has 1 aliphatic rings. The lowest BCUT2D eigenvalue weighted by atomic mass is 10.0. The zero-order chi connectivity index (χ0) is 14.4. The summed E-state index contributed by atoms with van der Waals surface area (Å²) in [4.78, 5) is 14.3. The Balaban J connectivity index is 1.78. The van der Waals surface area contributed by atoms with E-state index in [9.17, 15) is 4.79 Å². The van der Waals surface area contributed by atoms with Crippen molar-refractivity contribution < 1.29 is 4.79 Å². The van der Waals surface area contributed by atoms with E-state index in [0.29, 0.717) is 12.5 Å². The molecular weight excluding hydrogens is 248 g/mol. The van der Waals surface area contributed by atoms with Crippen molar-refractivity contribution >= 4 is 5.91 Å². The highest BCUT2D eigenvalue weighted by Gasteiger charge is 2.22. The second kappa shape index (κ2) is 7.44. The van der Waals surface area contributed by atoms with E-state index in [2.05, 4.69) is 43.4 Å². The van der Waals surface area contributed by atoms with Gasteiger partial charge >= 0.3 is 0 Å². The zero-order valence-corrected chi connectivity index (χ0v) is 12.7. The predicted octanol–water partition coefficient (Wildman–Crippen LogP) is 2.53. The first kappa shape index (κ1) is 15.0. The lowest BCUT2D eigenvalue weighted by Gasteiger charge is -2.32. The van der Waals surface area contributed by atoms with E-state index in [1.165, 1.54) is 12.0 Å². The van der Waals surface area contributed by atoms with Crippen LogP contribution >= 0.6 is 0 Å². The van der Waals surface area contributed by atoms with E-state index in [1.54, 1.807) is 0 Å². The Morgan fingerprint density at radius 3 is 2.50 bits per heavy atom. The fourth-order valence-corrected chi connectivity index (χ4v) is 2.67. The summed E-state index contributed by atoms with van der Waals surface area (Å²) in [5, 5.41) is 3.55. The van der Waals surface area contributed by atoms with Crippen LogP contribution in [0.1, 0.15) is 37.3 Å². The number of aryl methyl sites for hydroxylation is 1. The predicted molar refractivity (Wildman–Crippen MR) is 82.8 cm³/mol. The van der Waals surface area contributed by atoms with Crippen molar-refractivity contribution in [3.05, 3.63) is 35.4 Å². The number of nitrogens with zero attached hydrogens (tertiary/aromatic N) is 1. The molecule has 1 aromatic rings. The molecule has 0 atom stereocenters. The molecule has 3 nitrogen and oxygen atoms in total. The van der Waals surface area contributed by atoms with Crippen LogP contribution in [0.2, 0.25) is 0 Å². The average molecular weight is 274 g/mol. The SMILES string of the molecule is CCCNC1CCN(C(=O)Cc2ccc(C)cc2)CC1. The van der Waals surface area contributed by atoms with Gasteiger partial charge in [-0.25, -0.2) is 0 Å². The summed E-state index contributed by atoms with van der Waals surface area (Å²) in [6.07, 6.45) is 3.87. The van der Waals surface area contributed by atoms with Crippen molar-refractivity contribution in [3.8, 4) is 0 Å². The summed E-state index contributed by atoms with van der Waals surface area (Å²) >= 11 is 0. The number of piperidine rings is 1. The van der Waals surface area contributed by atoms with Crippen molar-refractivity contribution in [2.45, 2.75) is 45.6 Å². The quantitative estimate of drug-likeness (QED) is 0.895. The summed E-state index contributed by atoms with van der Waals surface area (Å²) in [5.74, 6) is 0.266. The number of carbonyl (C=O) groups excluding carboxylic acids is 1. The van der Waals surface area contributed by atoms with E-state index >= 15 is 0 Å². The standard InChI is InChI=1S/C17H26N2O/c1-3-10-18-16-8-11-19(12-9-16)17(20)13-15-6-4-14(2)5-7-15/h4-7,16,18H,3,8-13H2,1-2H3. The normalized spacial score (nSPS) is 16.4. The summed E-state index contributed by atoms with van der Waals surface area (Å²) < 4.78 is 0. The third-order valence-corrected chi connectivity index (χ3v) is 4.01. The van der Waals surface area contributed by atoms with Crippen LogP contribution in [0.25, 0.3) is 0 Å². The van der Waals surface area contributed by atoms with E-state index < -0.39 is 0 Å². The Bertz CT molecular complexity index is 419. The molecule has 1 fully saturated rings. The largest absolute Gasteiger partial charge is 0.342 e. The average Bonchev–Trinajstić information content (AvgIpc) is 2.48. The van der Waals surface area contributed by atoms with E-state index in [-0.39, 0.29) is 5.91 Å². The Hall–Kier alpha value is -1.35. The summed E-state index contributed by atoms with van der Waals surface area (Å²) in [5.41, 5.74) is 2.36. The molecule has 1 aromatic carbocycles. The molecule has 1 aliphatic heterocycles. The number of rotatable bonds is 5. The molecular formula is C17H26N2O. The highest BCUT2D eigenvalue weighted by Crippen LogP contribution is 2.13. The number of nitrogens with one attached hydrogen (secondary N) is 1. The smallest absolute Gasteiger partial charge is 0.226 e. The lowest BCUT2D eigenvalue weighted by Crippen LogP contribution is -2.45. The summed E-state index contributed by atoms with van der Waals surface area (Å²) in [6.45, 7) is 7.13. The van der Waals surface area contributed by atoms with Gasteiger partial charge in [-0.2, -0.15) is 0 Å². The van der Waals surface area contributed by atoms with Gasteiger partial charge in [0.15, 0.2) is 0 Å². The minimum Gasteiger partial charge on any atom is -0.342 e. The van der Waals surface area contributed by atoms with Crippen LogP contribution in [0, 0.1) is 6.92 Å². The molecule has 0 bridgehead atoms. The Morgan fingerprint density at radius 2 is 1.90 bits per heavy atom. The molecule has 3 heteroatoms. The van der Waals surface area contributed by atoms with Crippen LogP contribution in [0.5, 0.6) is 0 Å². The van der Waals surface area contributed by atoms with Crippen LogP contribution in [0.3, 0.4) is 0 Å². The topological polar surface area (TPSA) is 32.3 Å². The van der Waals surface area contributed by atoms with Gasteiger partial charge in [-0.15, -0.1) is 0 Å². The number of benzene rings is 1. The third kappa shape index (κ3) is 4.34. The number of likely N-dealkylation sites (tertiary alicyclic amines) is 1. The van der Waals surface area contributed by atoms with Gasteiger partial charge in [-0.1, -0.05) is 36.8 Å². The van der Waals surface area contributed by atoms with Gasteiger partial charge in [-0.3, -0.25) is 4.79 Å². The minimum absolute atomic E-state index is 0.266. The van der Waals surface area contributed by atoms with Crippen molar-refractivity contribution in [2.24, 2.45) is 0 Å². The van der Waals surface area contributed by atoms with Crippen molar-refractivity contribution in [3.63, 3.8) is 0 Å². The van der Waals surface area contributed by atoms with E-state index in [1.807, 2.05) is 4.90 Å². The maximum atomic E-state index is 12.3. The summed E-state index contributed by atoms with van der Waals surface area (Å²) in [7, 11) is 0. The van der Waals surface area contributed by atoms with Crippen molar-refractivity contribution in [1.29, 1.82) is 0 Å². The molecule has 110 valence electrons. The van der Waals surface area contributed by atoms with Crippen LogP contribution in [-0.2, 0) is 11.2 Å². The van der Waals surface area contributed by atoms with Gasteiger partial charge in [0.2, 0.25) is 5.91 Å². The molecule has 0 radical (unpaired) electrons. The first-order valence-corrected chi connectivity index (χ1v) is 7.75. The number of hydrogen-bond acceptors (Lipinski definition) is 2. The van der Waals surface area contributed by atoms with Gasteiger partial charge in [0, 0.05) is 19.1 Å². The molecule has 0 aliphatic carbocycles. The van der Waals surface area contributed by atoms with E-state index in [0.717, 1.165) is 38.0 Å². The molecule has 1 heterocycles. The van der Waals surface area contributed by atoms with Crippen LogP contribution in [0.15, 0.2) is 24.3 Å². The second-order valence-electron chi connectivity index (χ2n) is 5.77. The van der Waals surface area contributed by atoms with Crippen molar-refractivity contribution in [2.75, 3.05) is 19.6 Å². The van der Waals surface area contributed by atoms with Gasteiger partial charge in [0.25, 0.3) is 0 Å². The molecule has 20 heavy (non-hydrogen) atoms. The Labute approximate surface area is 122 Å². The van der Waals surface area contributed by atoms with Gasteiger partial charge in [-0.05, 0) is 38.3 Å². The van der Waals surface area contributed by atoms with Gasteiger partial charge < -0.3 is 10.2 Å². The van der Waals surface area contributed by atoms with Crippen LogP contribution in [0.4, 0.5) is 0 Å². The second-order valence-corrected chi connectivity index (χ2v) is 5.77. The van der Waals surface area contributed by atoms with Gasteiger partial charge in [0.05, 0.1) is 6.42 Å². The molecule has 1 saturated heterocycles. The number of carbonyl (C=O) groups is 1. The highest BCUT2D eigenvalue weighted by molar-refractivity contribution is 5.78. The molecule has 0 saturated carbocycles. The first-order valence-electron chi connectivity index (χ1n) is 7.75. The molecule has 0 aromatic heterocycles. The maximum absolute atomic E-state index is 12.3. The molecule has 1 amide bonds. The van der Waals surface area contributed by atoms with Crippen LogP contribution < -0.4 is 5.32 Å². The number of amides is 1. The van der Waals surface area contributed by atoms with Crippen molar-refractivity contribution in [1.82, 2.24) is 10.2 Å². The van der Waals surface area contributed by atoms with Crippen LogP contribution in [-0.4, -0.2) is 36.5 Å². The minimum atomic E-state index is 0.266. The van der Waals surface area contributed by atoms with Gasteiger partial charge in [0.1, 0.15) is 0 Å². The molecule has 0 spiro atoms. The summed E-state index contributed by atoms with van der Waals surface area (Å²) in [6, 6.07) is 8.86. The molecule has 1 N–H and O–H groups in total. The monoisotopic (exact) mass is 274 g/mol. The third-order valence-electron chi connectivity index (χ3n) is 4.01. The first-order chi connectivity index (χ1) is 9.69. The highest BCUT2D eigenvalue weighted by atomic mass is 16.2. The molecule has 0 unspecified atom stereocenters. The fraction of sp³-hybridized carbons (Fsp3) is 0.588. The lowest BCUT2D eigenvalue weighted by molar-refractivity contribution is -0.131.